The molecule has 0 aromatic heterocycles. The minimum atomic E-state index is 0.248. The lowest BCUT2D eigenvalue weighted by Gasteiger charge is -2.48. The Morgan fingerprint density at radius 3 is 2.36 bits per heavy atom. The quantitative estimate of drug-likeness (QED) is 0.612. The first-order chi connectivity index (χ1) is 10.2. The van der Waals surface area contributed by atoms with Gasteiger partial charge in [-0.1, -0.05) is 27.7 Å². The van der Waals surface area contributed by atoms with Gasteiger partial charge in [-0.15, -0.1) is 0 Å². The van der Waals surface area contributed by atoms with Crippen molar-refractivity contribution in [2.75, 3.05) is 59.5 Å². The van der Waals surface area contributed by atoms with Crippen LogP contribution < -0.4 is 0 Å². The van der Waals surface area contributed by atoms with Gasteiger partial charge in [-0.25, -0.2) is 0 Å². The molecule has 0 radical (unpaired) electrons. The Morgan fingerprint density at radius 1 is 1.00 bits per heavy atom. The van der Waals surface area contributed by atoms with Crippen molar-refractivity contribution in [3.05, 3.63) is 0 Å². The summed E-state index contributed by atoms with van der Waals surface area (Å²) in [6, 6.07) is 0.731. The third-order valence-electron chi connectivity index (χ3n) is 5.03. The molecule has 2 aliphatic rings. The topological polar surface area (TPSA) is 19.0 Å². The molecule has 4 nitrogen and oxygen atoms in total. The second kappa shape index (κ2) is 7.64. The number of hydrogen-bond donors (Lipinski definition) is 0. The summed E-state index contributed by atoms with van der Waals surface area (Å²) in [5.41, 5.74) is 0.582. The van der Waals surface area contributed by atoms with Crippen molar-refractivity contribution in [2.45, 2.75) is 40.2 Å². The van der Waals surface area contributed by atoms with Crippen LogP contribution in [-0.2, 0) is 3.07 Å². The van der Waals surface area contributed by atoms with Gasteiger partial charge in [0, 0.05) is 51.9 Å². The largest absolute Gasteiger partial charge is 0.315 e. The smallest absolute Gasteiger partial charge is 0.109 e. The number of fused-ring (bicyclic) bond motifs is 1. The lowest BCUT2D eigenvalue weighted by Crippen LogP contribution is -2.62. The van der Waals surface area contributed by atoms with Crippen molar-refractivity contribution >= 4 is 23.0 Å². The summed E-state index contributed by atoms with van der Waals surface area (Å²) in [7, 11) is 2.26. The number of likely N-dealkylation sites (N-methyl/N-ethyl adjacent to an activating group) is 1. The van der Waals surface area contributed by atoms with Crippen LogP contribution in [0.1, 0.15) is 34.1 Å². The summed E-state index contributed by atoms with van der Waals surface area (Å²) in [4.78, 5) is 7.87. The first-order valence-corrected chi connectivity index (χ1v) is 9.47. The molecule has 0 amide bonds. The van der Waals surface area contributed by atoms with Crippen LogP contribution in [0.25, 0.3) is 0 Å². The van der Waals surface area contributed by atoms with E-state index in [0.717, 1.165) is 12.6 Å². The summed E-state index contributed by atoms with van der Waals surface area (Å²) in [6.07, 6.45) is 1.20. The highest BCUT2D eigenvalue weighted by atomic mass is 127. The minimum Gasteiger partial charge on any atom is -0.315 e. The van der Waals surface area contributed by atoms with E-state index in [1.54, 1.807) is 0 Å². The Morgan fingerprint density at radius 2 is 1.68 bits per heavy atom. The first kappa shape index (κ1) is 18.9. The molecule has 5 heteroatoms. The number of piperazine rings is 2. The zero-order chi connectivity index (χ0) is 16.4. The maximum Gasteiger partial charge on any atom is 0.109 e. The molecule has 0 bridgehead atoms. The van der Waals surface area contributed by atoms with Crippen LogP contribution in [0.2, 0.25) is 0 Å². The summed E-state index contributed by atoms with van der Waals surface area (Å²) in [6.45, 7) is 18.9. The van der Waals surface area contributed by atoms with E-state index in [1.807, 2.05) is 23.0 Å². The molecule has 130 valence electrons. The number of rotatable bonds is 6. The fourth-order valence-electron chi connectivity index (χ4n) is 4.47. The predicted molar refractivity (Wildman–Crippen MR) is 101 cm³/mol. The Bertz CT molecular complexity index is 362. The van der Waals surface area contributed by atoms with Gasteiger partial charge in [0.15, 0.2) is 0 Å². The van der Waals surface area contributed by atoms with E-state index in [0.29, 0.717) is 5.41 Å². The molecule has 2 aliphatic heterocycles. The molecule has 0 aromatic carbocycles. The monoisotopic (exact) mass is 423 g/mol. The number of hydrogen-bond acceptors (Lipinski definition) is 4. The van der Waals surface area contributed by atoms with Crippen LogP contribution >= 0.6 is 23.0 Å². The summed E-state index contributed by atoms with van der Waals surface area (Å²) < 4.78 is 5.37. The van der Waals surface area contributed by atoms with E-state index < -0.39 is 0 Å². The molecule has 0 aromatic rings. The van der Waals surface area contributed by atoms with Crippen molar-refractivity contribution in [1.82, 2.24) is 14.7 Å². The fraction of sp³-hybridized carbons (Fsp3) is 1.00. The van der Waals surface area contributed by atoms with Crippen LogP contribution in [0.15, 0.2) is 0 Å². The molecule has 0 saturated carbocycles. The lowest BCUT2D eigenvalue weighted by atomic mass is 9.75. The maximum absolute atomic E-state index is 5.37. The molecule has 2 rings (SSSR count). The third-order valence-corrected chi connectivity index (χ3v) is 5.35. The summed E-state index contributed by atoms with van der Waals surface area (Å²) >= 11 is 2.02. The number of halogens is 1. The molecule has 22 heavy (non-hydrogen) atoms. The Kier molecular flexibility index (Phi) is 6.56. The van der Waals surface area contributed by atoms with Gasteiger partial charge < -0.3 is 7.97 Å². The molecule has 0 N–H and O–H groups in total. The summed E-state index contributed by atoms with van der Waals surface area (Å²) in [5.74, 6) is 0. The summed E-state index contributed by atoms with van der Waals surface area (Å²) in [5, 5.41) is 0. The Hall–Kier alpha value is 0.570. The van der Waals surface area contributed by atoms with Gasteiger partial charge >= 0.3 is 0 Å². The molecule has 2 saturated heterocycles. The fourth-order valence-corrected chi connectivity index (χ4v) is 5.32. The van der Waals surface area contributed by atoms with Crippen molar-refractivity contribution in [1.29, 1.82) is 0 Å². The zero-order valence-electron chi connectivity index (χ0n) is 15.1. The van der Waals surface area contributed by atoms with E-state index in [-0.39, 0.29) is 5.41 Å². The average molecular weight is 423 g/mol. The van der Waals surface area contributed by atoms with Gasteiger partial charge in [0.05, 0.1) is 6.61 Å². The molecule has 0 aliphatic carbocycles. The van der Waals surface area contributed by atoms with Crippen molar-refractivity contribution in [3.8, 4) is 0 Å². The van der Waals surface area contributed by atoms with E-state index in [4.69, 9.17) is 3.07 Å². The normalized spacial score (nSPS) is 26.2. The van der Waals surface area contributed by atoms with Crippen LogP contribution in [-0.4, -0.2) is 80.2 Å². The first-order valence-electron chi connectivity index (χ1n) is 8.59. The molecule has 1 unspecified atom stereocenters. The average Bonchev–Trinajstić information content (AvgIpc) is 2.35. The molecular formula is C17H34IN3O. The highest BCUT2D eigenvalue weighted by molar-refractivity contribution is 14.1. The predicted octanol–water partition coefficient (Wildman–Crippen LogP) is 2.73. The van der Waals surface area contributed by atoms with Crippen molar-refractivity contribution in [2.24, 2.45) is 10.8 Å². The van der Waals surface area contributed by atoms with E-state index in [2.05, 4.69) is 49.4 Å². The van der Waals surface area contributed by atoms with Crippen LogP contribution in [0.4, 0.5) is 0 Å². The Labute approximate surface area is 151 Å². The second-order valence-electron chi connectivity index (χ2n) is 8.95. The Balaban J connectivity index is 1.87. The highest BCUT2D eigenvalue weighted by Gasteiger charge is 2.35. The SMILES string of the molecule is CN1CCN2CCN(CC(C)(C)CC(C)(C)COI)CC2C1. The van der Waals surface area contributed by atoms with E-state index in [1.165, 1.54) is 52.2 Å². The van der Waals surface area contributed by atoms with Gasteiger partial charge in [-0.2, -0.15) is 0 Å². The standard InChI is InChI=1S/C17H34IN3O/c1-16(2,12-17(3,4)14-22-18)13-20-7-9-21-8-6-19(5)10-15(21)11-20/h15H,6-14H2,1-5H3. The van der Waals surface area contributed by atoms with Crippen molar-refractivity contribution in [3.63, 3.8) is 0 Å². The molecule has 0 spiro atoms. The zero-order valence-corrected chi connectivity index (χ0v) is 17.2. The minimum absolute atomic E-state index is 0.248. The second-order valence-corrected chi connectivity index (χ2v) is 9.57. The van der Waals surface area contributed by atoms with Crippen LogP contribution in [0, 0.1) is 10.8 Å². The highest BCUT2D eigenvalue weighted by Crippen LogP contribution is 2.35. The molecular weight excluding hydrogens is 389 g/mol. The van der Waals surface area contributed by atoms with Gasteiger partial charge in [0.2, 0.25) is 0 Å². The lowest BCUT2D eigenvalue weighted by molar-refractivity contribution is 0.00106. The molecule has 2 fully saturated rings. The van der Waals surface area contributed by atoms with E-state index in [9.17, 15) is 0 Å². The van der Waals surface area contributed by atoms with Gasteiger partial charge in [0.25, 0.3) is 0 Å². The van der Waals surface area contributed by atoms with Gasteiger partial charge in [-0.3, -0.25) is 9.80 Å². The molecule has 1 atom stereocenters. The van der Waals surface area contributed by atoms with Crippen LogP contribution in [0.3, 0.4) is 0 Å². The van der Waals surface area contributed by atoms with Gasteiger partial charge in [-0.05, 0) is 24.3 Å². The number of nitrogens with zero attached hydrogens (tertiary/aromatic N) is 3. The van der Waals surface area contributed by atoms with E-state index >= 15 is 0 Å². The molecule has 2 heterocycles. The maximum atomic E-state index is 5.37. The van der Waals surface area contributed by atoms with Crippen molar-refractivity contribution < 1.29 is 3.07 Å². The van der Waals surface area contributed by atoms with Gasteiger partial charge in [0.1, 0.15) is 23.0 Å². The van der Waals surface area contributed by atoms with Crippen LogP contribution in [0.5, 0.6) is 0 Å². The third kappa shape index (κ3) is 5.58.